The minimum atomic E-state index is -4.63. The monoisotopic (exact) mass is 423 g/mol. The lowest BCUT2D eigenvalue weighted by Gasteiger charge is -2.22. The molecule has 154 valence electrons. The Bertz CT molecular complexity index is 1040. The number of nitrogens with zero attached hydrogens (tertiary/aromatic N) is 1. The lowest BCUT2D eigenvalue weighted by atomic mass is 10.1. The summed E-state index contributed by atoms with van der Waals surface area (Å²) >= 11 is 0. The van der Waals surface area contributed by atoms with Gasteiger partial charge in [0.05, 0.1) is 23.3 Å². The van der Waals surface area contributed by atoms with Crippen molar-refractivity contribution < 1.29 is 26.0 Å². The van der Waals surface area contributed by atoms with Gasteiger partial charge >= 0.3 is 6.18 Å². The van der Waals surface area contributed by atoms with E-state index in [1.54, 1.807) is 12.1 Å². The molecule has 0 aliphatic heterocycles. The van der Waals surface area contributed by atoms with Crippen LogP contribution in [-0.4, -0.2) is 12.7 Å². The SMILES string of the molecule is CCc1ccc(CN(Cc2ccco2)S(=O)(=O)c2cccc(C(F)(F)F)c2)cc1. The van der Waals surface area contributed by atoms with Gasteiger partial charge in [-0.1, -0.05) is 37.3 Å². The molecular formula is C21H20F3NO3S. The van der Waals surface area contributed by atoms with Crippen LogP contribution in [0.15, 0.2) is 76.2 Å². The summed E-state index contributed by atoms with van der Waals surface area (Å²) in [4.78, 5) is -0.413. The quantitative estimate of drug-likeness (QED) is 0.521. The Morgan fingerprint density at radius 1 is 0.931 bits per heavy atom. The third-order valence-electron chi connectivity index (χ3n) is 4.50. The van der Waals surface area contributed by atoms with E-state index in [4.69, 9.17) is 4.42 Å². The second kappa shape index (κ2) is 8.42. The molecule has 0 saturated carbocycles. The van der Waals surface area contributed by atoms with Crippen LogP contribution in [0.4, 0.5) is 13.2 Å². The molecule has 29 heavy (non-hydrogen) atoms. The van der Waals surface area contributed by atoms with Gasteiger partial charge in [0.25, 0.3) is 0 Å². The Morgan fingerprint density at radius 3 is 2.21 bits per heavy atom. The molecule has 3 aromatic rings. The van der Waals surface area contributed by atoms with Crippen molar-refractivity contribution in [2.75, 3.05) is 0 Å². The number of furan rings is 1. The van der Waals surface area contributed by atoms with Crippen molar-refractivity contribution in [3.8, 4) is 0 Å². The van der Waals surface area contributed by atoms with Crippen LogP contribution in [0.5, 0.6) is 0 Å². The second-order valence-corrected chi connectivity index (χ2v) is 8.49. The van der Waals surface area contributed by atoms with Gasteiger partial charge < -0.3 is 4.42 Å². The highest BCUT2D eigenvalue weighted by molar-refractivity contribution is 7.89. The van der Waals surface area contributed by atoms with Crippen molar-refractivity contribution >= 4 is 10.0 Å². The third-order valence-corrected chi connectivity index (χ3v) is 6.29. The van der Waals surface area contributed by atoms with E-state index in [1.807, 2.05) is 31.2 Å². The van der Waals surface area contributed by atoms with Crippen molar-refractivity contribution in [1.29, 1.82) is 0 Å². The van der Waals surface area contributed by atoms with Gasteiger partial charge in [-0.15, -0.1) is 0 Å². The van der Waals surface area contributed by atoms with Gasteiger partial charge in [-0.05, 0) is 47.9 Å². The first-order valence-electron chi connectivity index (χ1n) is 8.98. The Balaban J connectivity index is 1.97. The molecular weight excluding hydrogens is 403 g/mol. The highest BCUT2D eigenvalue weighted by atomic mass is 32.2. The van der Waals surface area contributed by atoms with Gasteiger partial charge in [-0.2, -0.15) is 17.5 Å². The molecule has 0 atom stereocenters. The number of alkyl halides is 3. The maximum Gasteiger partial charge on any atom is 0.416 e. The van der Waals surface area contributed by atoms with E-state index in [0.29, 0.717) is 11.8 Å². The van der Waals surface area contributed by atoms with E-state index >= 15 is 0 Å². The fourth-order valence-electron chi connectivity index (χ4n) is 2.87. The summed E-state index contributed by atoms with van der Waals surface area (Å²) in [5.41, 5.74) is 0.820. The van der Waals surface area contributed by atoms with Crippen molar-refractivity contribution in [1.82, 2.24) is 4.31 Å². The fraction of sp³-hybridized carbons (Fsp3) is 0.238. The Kier molecular flexibility index (Phi) is 6.14. The molecule has 0 aliphatic rings. The number of halogens is 3. The number of rotatable bonds is 7. The summed E-state index contributed by atoms with van der Waals surface area (Å²) in [6.07, 6.45) is -2.37. The molecule has 8 heteroatoms. The molecule has 0 spiro atoms. The molecule has 0 N–H and O–H groups in total. The number of hydrogen-bond acceptors (Lipinski definition) is 3. The maximum absolute atomic E-state index is 13.2. The van der Waals surface area contributed by atoms with E-state index in [-0.39, 0.29) is 13.1 Å². The summed E-state index contributed by atoms with van der Waals surface area (Å²) in [6.45, 7) is 1.92. The predicted molar refractivity (Wildman–Crippen MR) is 102 cm³/mol. The summed E-state index contributed by atoms with van der Waals surface area (Å²) in [7, 11) is -4.20. The molecule has 0 fully saturated rings. The van der Waals surface area contributed by atoms with Crippen LogP contribution in [0.3, 0.4) is 0 Å². The molecule has 0 radical (unpaired) electrons. The molecule has 0 bridgehead atoms. The van der Waals surface area contributed by atoms with E-state index in [2.05, 4.69) is 0 Å². The summed E-state index contributed by atoms with van der Waals surface area (Å²) < 4.78 is 71.9. The summed E-state index contributed by atoms with van der Waals surface area (Å²) in [5, 5.41) is 0. The van der Waals surface area contributed by atoms with Gasteiger partial charge in [0, 0.05) is 6.54 Å². The van der Waals surface area contributed by atoms with Crippen molar-refractivity contribution in [3.63, 3.8) is 0 Å². The normalized spacial score (nSPS) is 12.4. The highest BCUT2D eigenvalue weighted by Gasteiger charge is 2.33. The first kappa shape index (κ1) is 21.1. The maximum atomic E-state index is 13.2. The lowest BCUT2D eigenvalue weighted by Crippen LogP contribution is -2.30. The van der Waals surface area contributed by atoms with Gasteiger partial charge in [-0.25, -0.2) is 8.42 Å². The molecule has 1 aromatic heterocycles. The van der Waals surface area contributed by atoms with Crippen LogP contribution < -0.4 is 0 Å². The van der Waals surface area contributed by atoms with Gasteiger partial charge in [-0.3, -0.25) is 0 Å². The zero-order valence-electron chi connectivity index (χ0n) is 15.7. The van der Waals surface area contributed by atoms with E-state index < -0.39 is 26.7 Å². The zero-order valence-corrected chi connectivity index (χ0v) is 16.5. The molecule has 4 nitrogen and oxygen atoms in total. The average Bonchev–Trinajstić information content (AvgIpc) is 3.21. The highest BCUT2D eigenvalue weighted by Crippen LogP contribution is 2.31. The van der Waals surface area contributed by atoms with Crippen LogP contribution in [-0.2, 0) is 35.7 Å². The number of sulfonamides is 1. The number of aryl methyl sites for hydroxylation is 1. The molecule has 0 amide bonds. The second-order valence-electron chi connectivity index (χ2n) is 6.55. The standard InChI is InChI=1S/C21H20F3NO3S/c1-2-16-8-10-17(11-9-16)14-25(15-19-6-4-12-28-19)29(26,27)20-7-3-5-18(13-20)21(22,23)24/h3-13H,2,14-15H2,1H3. The van der Waals surface area contributed by atoms with Crippen LogP contribution in [0.25, 0.3) is 0 Å². The smallest absolute Gasteiger partial charge is 0.416 e. The molecule has 1 heterocycles. The predicted octanol–water partition coefficient (Wildman–Crippen LogP) is 5.25. The lowest BCUT2D eigenvalue weighted by molar-refractivity contribution is -0.137. The van der Waals surface area contributed by atoms with Crippen LogP contribution in [0, 0.1) is 0 Å². The molecule has 0 saturated heterocycles. The van der Waals surface area contributed by atoms with Crippen LogP contribution in [0.1, 0.15) is 29.4 Å². The fourth-order valence-corrected chi connectivity index (χ4v) is 4.31. The number of benzene rings is 2. The van der Waals surface area contributed by atoms with Gasteiger partial charge in [0.15, 0.2) is 0 Å². The zero-order chi connectivity index (χ0) is 21.1. The topological polar surface area (TPSA) is 50.5 Å². The third kappa shape index (κ3) is 5.07. The molecule has 0 unspecified atom stereocenters. The average molecular weight is 423 g/mol. The molecule has 3 rings (SSSR count). The first-order chi connectivity index (χ1) is 13.7. The molecule has 0 aliphatic carbocycles. The van der Waals surface area contributed by atoms with E-state index in [0.717, 1.165) is 34.0 Å². The summed E-state index contributed by atoms with van der Waals surface area (Å²) in [6, 6.07) is 14.4. The Hall–Kier alpha value is -2.58. The van der Waals surface area contributed by atoms with Gasteiger partial charge in [0.2, 0.25) is 10.0 Å². The van der Waals surface area contributed by atoms with Crippen molar-refractivity contribution in [2.24, 2.45) is 0 Å². The van der Waals surface area contributed by atoms with Gasteiger partial charge in [0.1, 0.15) is 5.76 Å². The van der Waals surface area contributed by atoms with E-state index in [1.165, 1.54) is 12.3 Å². The number of hydrogen-bond donors (Lipinski definition) is 0. The molecule has 2 aromatic carbocycles. The summed E-state index contributed by atoms with van der Waals surface area (Å²) in [5.74, 6) is 0.394. The van der Waals surface area contributed by atoms with Crippen LogP contribution in [0.2, 0.25) is 0 Å². The Labute approximate surface area is 167 Å². The van der Waals surface area contributed by atoms with E-state index in [9.17, 15) is 21.6 Å². The first-order valence-corrected chi connectivity index (χ1v) is 10.4. The van der Waals surface area contributed by atoms with Crippen molar-refractivity contribution in [3.05, 3.63) is 89.4 Å². The van der Waals surface area contributed by atoms with Crippen LogP contribution >= 0.6 is 0 Å². The largest absolute Gasteiger partial charge is 0.468 e. The Morgan fingerprint density at radius 2 is 1.62 bits per heavy atom. The minimum Gasteiger partial charge on any atom is -0.468 e. The minimum absolute atomic E-state index is 0.00325. The van der Waals surface area contributed by atoms with Crippen molar-refractivity contribution in [2.45, 2.75) is 37.5 Å².